The molecule has 1 aromatic carbocycles. The SMILES string of the molecule is N#Cc1ccccc1C(=N)[O-]. The van der Waals surface area contributed by atoms with E-state index in [4.69, 9.17) is 10.7 Å². The Kier molecular flexibility index (Phi) is 1.88. The van der Waals surface area contributed by atoms with Crippen molar-refractivity contribution in [3.05, 3.63) is 35.4 Å². The molecule has 0 aliphatic carbocycles. The zero-order valence-corrected chi connectivity index (χ0v) is 5.66. The highest BCUT2D eigenvalue weighted by Crippen LogP contribution is 2.04. The van der Waals surface area contributed by atoms with E-state index >= 15 is 0 Å². The Balaban J connectivity index is 3.26. The molecule has 0 saturated heterocycles. The Morgan fingerprint density at radius 3 is 2.55 bits per heavy atom. The molecule has 0 aliphatic rings. The van der Waals surface area contributed by atoms with E-state index in [9.17, 15) is 5.11 Å². The Morgan fingerprint density at radius 2 is 2.09 bits per heavy atom. The zero-order valence-electron chi connectivity index (χ0n) is 5.66. The van der Waals surface area contributed by atoms with Gasteiger partial charge in [-0.15, -0.1) is 0 Å². The minimum atomic E-state index is -0.817. The van der Waals surface area contributed by atoms with Crippen LogP contribution in [0.5, 0.6) is 0 Å². The second kappa shape index (κ2) is 2.84. The third kappa shape index (κ3) is 1.36. The molecule has 0 unspecified atom stereocenters. The number of nitrogens with zero attached hydrogens (tertiary/aromatic N) is 1. The molecule has 0 saturated carbocycles. The van der Waals surface area contributed by atoms with E-state index in [1.165, 1.54) is 12.1 Å². The van der Waals surface area contributed by atoms with Gasteiger partial charge in [0.05, 0.1) is 11.6 Å². The minimum absolute atomic E-state index is 0.162. The van der Waals surface area contributed by atoms with E-state index in [1.807, 2.05) is 6.07 Å². The molecule has 3 nitrogen and oxygen atoms in total. The first kappa shape index (κ1) is 7.29. The lowest BCUT2D eigenvalue weighted by molar-refractivity contribution is -0.214. The lowest BCUT2D eigenvalue weighted by Crippen LogP contribution is -2.17. The van der Waals surface area contributed by atoms with Crippen molar-refractivity contribution in [2.75, 3.05) is 0 Å². The van der Waals surface area contributed by atoms with Crippen LogP contribution in [-0.2, 0) is 0 Å². The maximum Gasteiger partial charge on any atom is 0.0998 e. The van der Waals surface area contributed by atoms with Gasteiger partial charge in [-0.2, -0.15) is 5.26 Å². The van der Waals surface area contributed by atoms with Crippen LogP contribution in [0.25, 0.3) is 0 Å². The van der Waals surface area contributed by atoms with Gasteiger partial charge >= 0.3 is 0 Å². The standard InChI is InChI=1S/C8H6N2O/c9-5-6-3-1-2-4-7(6)8(10)11/h1-4H,(H2,10,11)/p-1. The zero-order chi connectivity index (χ0) is 8.27. The molecule has 0 radical (unpaired) electrons. The number of benzene rings is 1. The summed E-state index contributed by atoms with van der Waals surface area (Å²) < 4.78 is 0. The summed E-state index contributed by atoms with van der Waals surface area (Å²) in [6.07, 6.45) is 0. The molecule has 0 aromatic heterocycles. The van der Waals surface area contributed by atoms with E-state index in [1.54, 1.807) is 12.1 Å². The summed E-state index contributed by atoms with van der Waals surface area (Å²) in [5.74, 6) is -0.817. The molecular formula is C8H5N2O-. The summed E-state index contributed by atoms with van der Waals surface area (Å²) in [4.78, 5) is 0. The molecule has 0 aliphatic heterocycles. The highest BCUT2D eigenvalue weighted by molar-refractivity contribution is 5.90. The van der Waals surface area contributed by atoms with E-state index < -0.39 is 5.90 Å². The van der Waals surface area contributed by atoms with Crippen LogP contribution in [-0.4, -0.2) is 5.90 Å². The molecule has 3 heteroatoms. The van der Waals surface area contributed by atoms with Crippen molar-refractivity contribution in [1.29, 1.82) is 10.7 Å². The van der Waals surface area contributed by atoms with E-state index in [0.717, 1.165) is 0 Å². The van der Waals surface area contributed by atoms with Crippen molar-refractivity contribution in [3.8, 4) is 6.07 Å². The highest BCUT2D eigenvalue weighted by Gasteiger charge is 1.96. The van der Waals surface area contributed by atoms with Crippen molar-refractivity contribution >= 4 is 5.90 Å². The Labute approximate surface area is 64.0 Å². The molecular weight excluding hydrogens is 140 g/mol. The minimum Gasteiger partial charge on any atom is -0.859 e. The van der Waals surface area contributed by atoms with Gasteiger partial charge in [0, 0.05) is 5.56 Å². The van der Waals surface area contributed by atoms with Crippen LogP contribution in [0.3, 0.4) is 0 Å². The third-order valence-corrected chi connectivity index (χ3v) is 1.29. The summed E-state index contributed by atoms with van der Waals surface area (Å²) >= 11 is 0. The molecule has 1 rings (SSSR count). The Bertz CT molecular complexity index is 325. The fourth-order valence-electron chi connectivity index (χ4n) is 0.779. The quantitative estimate of drug-likeness (QED) is 0.454. The number of hydrogen-bond donors (Lipinski definition) is 1. The lowest BCUT2D eigenvalue weighted by atomic mass is 10.1. The fraction of sp³-hybridized carbons (Fsp3) is 0. The molecule has 0 heterocycles. The maximum absolute atomic E-state index is 10.5. The van der Waals surface area contributed by atoms with Crippen LogP contribution in [0.1, 0.15) is 11.1 Å². The predicted molar refractivity (Wildman–Crippen MR) is 38.0 cm³/mol. The van der Waals surface area contributed by atoms with Gasteiger partial charge in [-0.05, 0) is 12.0 Å². The molecule has 0 amide bonds. The second-order valence-corrected chi connectivity index (χ2v) is 1.99. The summed E-state index contributed by atoms with van der Waals surface area (Å²) in [5, 5.41) is 25.8. The highest BCUT2D eigenvalue weighted by atomic mass is 16.3. The molecule has 0 atom stereocenters. The number of nitrogens with one attached hydrogen (secondary N) is 1. The monoisotopic (exact) mass is 145 g/mol. The van der Waals surface area contributed by atoms with Crippen LogP contribution < -0.4 is 5.11 Å². The molecule has 0 spiro atoms. The maximum atomic E-state index is 10.5. The van der Waals surface area contributed by atoms with Crippen LogP contribution in [0.15, 0.2) is 24.3 Å². The topological polar surface area (TPSA) is 70.7 Å². The molecule has 11 heavy (non-hydrogen) atoms. The number of hydrogen-bond acceptors (Lipinski definition) is 3. The smallest absolute Gasteiger partial charge is 0.0998 e. The van der Waals surface area contributed by atoms with Gasteiger partial charge in [-0.1, -0.05) is 18.2 Å². The summed E-state index contributed by atoms with van der Waals surface area (Å²) in [6.45, 7) is 0. The average molecular weight is 145 g/mol. The van der Waals surface area contributed by atoms with Gasteiger partial charge in [-0.25, -0.2) is 0 Å². The second-order valence-electron chi connectivity index (χ2n) is 1.99. The largest absolute Gasteiger partial charge is 0.859 e. The van der Waals surface area contributed by atoms with Gasteiger partial charge in [0.1, 0.15) is 0 Å². The molecule has 54 valence electrons. The fourth-order valence-corrected chi connectivity index (χ4v) is 0.779. The molecule has 1 N–H and O–H groups in total. The normalized spacial score (nSPS) is 8.64. The van der Waals surface area contributed by atoms with Crippen molar-refractivity contribution < 1.29 is 5.11 Å². The van der Waals surface area contributed by atoms with Gasteiger partial charge in [0.25, 0.3) is 0 Å². The van der Waals surface area contributed by atoms with E-state index in [0.29, 0.717) is 0 Å². The van der Waals surface area contributed by atoms with Crippen LogP contribution in [0, 0.1) is 16.7 Å². The molecule has 0 fully saturated rings. The van der Waals surface area contributed by atoms with Gasteiger partial charge in [0.15, 0.2) is 0 Å². The van der Waals surface area contributed by atoms with Crippen LogP contribution in [0.4, 0.5) is 0 Å². The first-order valence-corrected chi connectivity index (χ1v) is 3.01. The average Bonchev–Trinajstić information content (AvgIpc) is 2.04. The summed E-state index contributed by atoms with van der Waals surface area (Å²) in [6, 6.07) is 8.10. The predicted octanol–water partition coefficient (Wildman–Crippen LogP) is 0.244. The first-order chi connectivity index (χ1) is 5.25. The van der Waals surface area contributed by atoms with Crippen molar-refractivity contribution in [3.63, 3.8) is 0 Å². The number of nitriles is 1. The van der Waals surface area contributed by atoms with Crippen molar-refractivity contribution in [1.82, 2.24) is 0 Å². The molecule has 1 aromatic rings. The van der Waals surface area contributed by atoms with E-state index in [-0.39, 0.29) is 11.1 Å². The van der Waals surface area contributed by atoms with Crippen LogP contribution in [0.2, 0.25) is 0 Å². The molecule has 0 bridgehead atoms. The van der Waals surface area contributed by atoms with Gasteiger partial charge < -0.3 is 10.5 Å². The van der Waals surface area contributed by atoms with E-state index in [2.05, 4.69) is 0 Å². The van der Waals surface area contributed by atoms with Gasteiger partial charge in [-0.3, -0.25) is 0 Å². The van der Waals surface area contributed by atoms with Crippen LogP contribution >= 0.6 is 0 Å². The lowest BCUT2D eigenvalue weighted by Gasteiger charge is -2.07. The Hall–Kier alpha value is -1.82. The third-order valence-electron chi connectivity index (χ3n) is 1.29. The van der Waals surface area contributed by atoms with Gasteiger partial charge in [0.2, 0.25) is 0 Å². The summed E-state index contributed by atoms with van der Waals surface area (Å²) in [5.41, 5.74) is 0.419. The van der Waals surface area contributed by atoms with Crippen molar-refractivity contribution in [2.45, 2.75) is 0 Å². The summed E-state index contributed by atoms with van der Waals surface area (Å²) in [7, 11) is 0. The Morgan fingerprint density at radius 1 is 1.45 bits per heavy atom. The first-order valence-electron chi connectivity index (χ1n) is 3.01. The number of rotatable bonds is 1. The van der Waals surface area contributed by atoms with Crippen molar-refractivity contribution in [2.24, 2.45) is 0 Å².